The van der Waals surface area contributed by atoms with Crippen molar-refractivity contribution in [1.29, 1.82) is 0 Å². The summed E-state index contributed by atoms with van der Waals surface area (Å²) in [6.45, 7) is 0. The average Bonchev–Trinajstić information content (AvgIpc) is 2.88. The summed E-state index contributed by atoms with van der Waals surface area (Å²) in [5, 5.41) is 0. The van der Waals surface area contributed by atoms with E-state index in [-0.39, 0.29) is 11.1 Å². The second kappa shape index (κ2) is 5.55. The molecule has 0 saturated heterocycles. The zero-order chi connectivity index (χ0) is 16.5. The van der Waals surface area contributed by atoms with Crippen molar-refractivity contribution in [2.45, 2.75) is 6.18 Å². The van der Waals surface area contributed by atoms with Crippen molar-refractivity contribution < 1.29 is 31.9 Å². The number of anilines is 1. The highest BCUT2D eigenvalue weighted by molar-refractivity contribution is 6.11. The van der Waals surface area contributed by atoms with Crippen LogP contribution in [-0.4, -0.2) is 18.9 Å². The number of alkyl halides is 3. The molecule has 0 aliphatic rings. The van der Waals surface area contributed by atoms with Crippen molar-refractivity contribution in [3.8, 4) is 0 Å². The number of benzene rings is 1. The number of methoxy groups -OCH3 is 1. The Labute approximate surface area is 122 Å². The minimum Gasteiger partial charge on any atom is -0.465 e. The quantitative estimate of drug-likeness (QED) is 0.696. The number of furan rings is 1. The zero-order valence-electron chi connectivity index (χ0n) is 11.2. The van der Waals surface area contributed by atoms with Gasteiger partial charge in [-0.3, -0.25) is 4.79 Å². The van der Waals surface area contributed by atoms with Gasteiger partial charge in [0.05, 0.1) is 18.2 Å². The van der Waals surface area contributed by atoms with Crippen LogP contribution in [0.3, 0.4) is 0 Å². The van der Waals surface area contributed by atoms with Crippen LogP contribution in [0.1, 0.15) is 32.0 Å². The van der Waals surface area contributed by atoms with E-state index in [1.165, 1.54) is 31.4 Å². The summed E-state index contributed by atoms with van der Waals surface area (Å²) >= 11 is 0. The van der Waals surface area contributed by atoms with Gasteiger partial charge in [0.2, 0.25) is 11.6 Å². The lowest BCUT2D eigenvalue weighted by atomic mass is 10.0. The van der Waals surface area contributed by atoms with E-state index in [9.17, 15) is 22.8 Å². The third-order valence-electron chi connectivity index (χ3n) is 2.85. The Morgan fingerprint density at radius 1 is 1.14 bits per heavy atom. The molecule has 5 nitrogen and oxygen atoms in total. The first-order valence-electron chi connectivity index (χ1n) is 5.93. The number of hydrogen-bond acceptors (Lipinski definition) is 5. The second-order valence-corrected chi connectivity index (χ2v) is 4.28. The third kappa shape index (κ3) is 2.95. The van der Waals surface area contributed by atoms with Gasteiger partial charge >= 0.3 is 12.1 Å². The summed E-state index contributed by atoms with van der Waals surface area (Å²) in [5.41, 5.74) is 5.19. The van der Waals surface area contributed by atoms with Gasteiger partial charge in [0.1, 0.15) is 0 Å². The molecule has 2 N–H and O–H groups in total. The third-order valence-corrected chi connectivity index (χ3v) is 2.85. The molecule has 0 amide bonds. The summed E-state index contributed by atoms with van der Waals surface area (Å²) in [6, 6.07) is 5.76. The fraction of sp³-hybridized carbons (Fsp3) is 0.143. The fourth-order valence-corrected chi connectivity index (χ4v) is 1.75. The summed E-state index contributed by atoms with van der Waals surface area (Å²) in [5.74, 6) is -3.30. The minimum atomic E-state index is -4.73. The molecule has 0 bridgehead atoms. The molecule has 8 heteroatoms. The molecular formula is C14H10F3NO4. The van der Waals surface area contributed by atoms with Crippen LogP contribution in [0.4, 0.5) is 19.1 Å². The molecule has 0 fully saturated rings. The van der Waals surface area contributed by atoms with Crippen LogP contribution in [0.15, 0.2) is 34.7 Å². The maximum Gasteiger partial charge on any atom is 0.449 e. The number of nitrogen functional groups attached to an aromatic ring is 1. The Balaban J connectivity index is 2.32. The molecule has 22 heavy (non-hydrogen) atoms. The van der Waals surface area contributed by atoms with Crippen molar-refractivity contribution >= 4 is 17.6 Å². The number of carbonyl (C=O) groups is 2. The predicted octanol–water partition coefficient (Wildman–Crippen LogP) is 2.90. The lowest BCUT2D eigenvalue weighted by Crippen LogP contribution is -2.05. The number of nitrogens with two attached hydrogens (primary N) is 1. The number of esters is 1. The monoisotopic (exact) mass is 313 g/mol. The van der Waals surface area contributed by atoms with Crippen molar-refractivity contribution in [2.24, 2.45) is 0 Å². The van der Waals surface area contributed by atoms with Crippen molar-refractivity contribution in [3.63, 3.8) is 0 Å². The Hall–Kier alpha value is -2.77. The number of rotatable bonds is 3. The van der Waals surface area contributed by atoms with Gasteiger partial charge in [-0.1, -0.05) is 12.1 Å². The molecule has 1 aromatic carbocycles. The summed E-state index contributed by atoms with van der Waals surface area (Å²) in [4.78, 5) is 23.4. The van der Waals surface area contributed by atoms with Gasteiger partial charge in [0.15, 0.2) is 5.78 Å². The topological polar surface area (TPSA) is 82.5 Å². The van der Waals surface area contributed by atoms with Gasteiger partial charge < -0.3 is 14.9 Å². The van der Waals surface area contributed by atoms with E-state index in [1.54, 1.807) is 0 Å². The Bertz CT molecular complexity index is 717. The van der Waals surface area contributed by atoms with E-state index >= 15 is 0 Å². The summed E-state index contributed by atoms with van der Waals surface area (Å²) in [6.07, 6.45) is -4.73. The van der Waals surface area contributed by atoms with Crippen LogP contribution in [0.25, 0.3) is 0 Å². The Morgan fingerprint density at radius 3 is 2.14 bits per heavy atom. The van der Waals surface area contributed by atoms with Crippen molar-refractivity contribution in [3.05, 3.63) is 52.8 Å². The molecule has 2 rings (SSSR count). The van der Waals surface area contributed by atoms with E-state index in [2.05, 4.69) is 9.15 Å². The molecule has 116 valence electrons. The Kier molecular flexibility index (Phi) is 3.94. The molecule has 0 aliphatic carbocycles. The Morgan fingerprint density at radius 2 is 1.68 bits per heavy atom. The van der Waals surface area contributed by atoms with Gasteiger partial charge in [0, 0.05) is 11.6 Å². The smallest absolute Gasteiger partial charge is 0.449 e. The first-order valence-corrected chi connectivity index (χ1v) is 5.93. The molecule has 1 aromatic heterocycles. The summed E-state index contributed by atoms with van der Waals surface area (Å²) < 4.78 is 46.4. The van der Waals surface area contributed by atoms with E-state index in [0.717, 1.165) is 0 Å². The number of ether oxygens (including phenoxy) is 1. The minimum absolute atomic E-state index is 0.0638. The van der Waals surface area contributed by atoms with Gasteiger partial charge in [-0.2, -0.15) is 13.2 Å². The summed E-state index contributed by atoms with van der Waals surface area (Å²) in [7, 11) is 1.20. The van der Waals surface area contributed by atoms with Gasteiger partial charge in [0.25, 0.3) is 0 Å². The highest BCUT2D eigenvalue weighted by Gasteiger charge is 2.37. The van der Waals surface area contributed by atoms with Crippen LogP contribution < -0.4 is 5.73 Å². The molecule has 1 heterocycles. The molecule has 0 atom stereocenters. The van der Waals surface area contributed by atoms with Crippen LogP contribution in [0, 0.1) is 0 Å². The van der Waals surface area contributed by atoms with Crippen LogP contribution in [0.2, 0.25) is 0 Å². The fourth-order valence-electron chi connectivity index (χ4n) is 1.75. The van der Waals surface area contributed by atoms with Crippen molar-refractivity contribution in [2.75, 3.05) is 12.8 Å². The second-order valence-electron chi connectivity index (χ2n) is 4.28. The van der Waals surface area contributed by atoms with Gasteiger partial charge in [-0.25, -0.2) is 4.79 Å². The van der Waals surface area contributed by atoms with E-state index in [1.807, 2.05) is 0 Å². The number of carbonyl (C=O) groups excluding carboxylic acids is 2. The molecule has 0 spiro atoms. The maximum absolute atomic E-state index is 12.5. The van der Waals surface area contributed by atoms with Crippen LogP contribution in [0.5, 0.6) is 0 Å². The van der Waals surface area contributed by atoms with Crippen molar-refractivity contribution in [1.82, 2.24) is 0 Å². The maximum atomic E-state index is 12.5. The number of halogens is 3. The first-order chi connectivity index (χ1) is 10.2. The standard InChI is InChI=1S/C14H10F3NO4/c1-21-13(20)8-4-2-7(3-5-8)11(19)9-6-10(14(15,16)17)22-12(9)18/h2-6H,18H2,1H3. The first kappa shape index (κ1) is 15.6. The van der Waals surface area contributed by atoms with Crippen LogP contribution in [-0.2, 0) is 10.9 Å². The van der Waals surface area contributed by atoms with E-state index < -0.39 is 35.1 Å². The molecule has 0 aliphatic heterocycles. The molecule has 2 aromatic rings. The lowest BCUT2D eigenvalue weighted by Gasteiger charge is -2.01. The largest absolute Gasteiger partial charge is 0.465 e. The molecule has 0 unspecified atom stereocenters. The highest BCUT2D eigenvalue weighted by atomic mass is 19.4. The SMILES string of the molecule is COC(=O)c1ccc(C(=O)c2cc(C(F)(F)F)oc2N)cc1. The average molecular weight is 313 g/mol. The van der Waals surface area contributed by atoms with E-state index in [4.69, 9.17) is 5.73 Å². The molecule has 0 saturated carbocycles. The zero-order valence-corrected chi connectivity index (χ0v) is 11.2. The van der Waals surface area contributed by atoms with E-state index in [0.29, 0.717) is 6.07 Å². The van der Waals surface area contributed by atoms with Gasteiger partial charge in [-0.15, -0.1) is 0 Å². The van der Waals surface area contributed by atoms with Crippen LogP contribution >= 0.6 is 0 Å². The number of ketones is 1. The normalized spacial score (nSPS) is 11.3. The number of hydrogen-bond donors (Lipinski definition) is 1. The predicted molar refractivity (Wildman–Crippen MR) is 69.3 cm³/mol. The molecular weight excluding hydrogens is 303 g/mol. The lowest BCUT2D eigenvalue weighted by molar-refractivity contribution is -0.152. The highest BCUT2D eigenvalue weighted by Crippen LogP contribution is 2.34. The molecule has 0 radical (unpaired) electrons. The van der Waals surface area contributed by atoms with Gasteiger partial charge in [-0.05, 0) is 12.1 Å².